The van der Waals surface area contributed by atoms with Gasteiger partial charge in [-0.1, -0.05) is 29.8 Å². The highest BCUT2D eigenvalue weighted by molar-refractivity contribution is 6.31. The zero-order valence-electron chi connectivity index (χ0n) is 11.2. The molecule has 0 aliphatic carbocycles. The Hall–Kier alpha value is -1.91. The molecule has 0 saturated heterocycles. The largest absolute Gasteiger partial charge is 0.352 e. The predicted molar refractivity (Wildman–Crippen MR) is 79.9 cm³/mol. The molecule has 0 aromatic heterocycles. The summed E-state index contributed by atoms with van der Waals surface area (Å²) in [7, 11) is 0. The average molecular weight is 305 g/mol. The summed E-state index contributed by atoms with van der Waals surface area (Å²) in [6, 6.07) is 9.23. The number of carbonyl (C=O) groups is 1. The van der Waals surface area contributed by atoms with Gasteiger partial charge in [0.2, 0.25) is 0 Å². The molecule has 1 atom stereocenters. The molecule has 3 N–H and O–H groups in total. The van der Waals surface area contributed by atoms with Gasteiger partial charge in [-0.05, 0) is 41.3 Å². The van der Waals surface area contributed by atoms with Crippen molar-refractivity contribution in [2.75, 3.05) is 6.54 Å². The molecule has 2 aromatic carbocycles. The topological polar surface area (TPSA) is 55.1 Å². The van der Waals surface area contributed by atoms with Crippen LogP contribution in [0.3, 0.4) is 0 Å². The molecule has 0 fully saturated rings. The van der Waals surface area contributed by atoms with E-state index in [1.807, 2.05) is 12.1 Å². The predicted octanol–water partition coefficient (Wildman–Crippen LogP) is 2.81. The Morgan fingerprint density at radius 3 is 2.81 bits per heavy atom. The van der Waals surface area contributed by atoms with Gasteiger partial charge in [0.05, 0.1) is 6.04 Å². The fourth-order valence-electron chi connectivity index (χ4n) is 2.56. The average Bonchev–Trinajstić information content (AvgIpc) is 2.47. The number of carbonyl (C=O) groups excluding carboxylic acids is 1. The van der Waals surface area contributed by atoms with Crippen LogP contribution in [0.5, 0.6) is 0 Å². The lowest BCUT2D eigenvalue weighted by atomic mass is 9.93. The maximum absolute atomic E-state index is 13.1. The number of nitrogens with two attached hydrogens (primary N) is 1. The number of rotatable bonds is 2. The third-order valence-corrected chi connectivity index (χ3v) is 4.04. The molecular formula is C16H14ClFN2O. The van der Waals surface area contributed by atoms with Gasteiger partial charge < -0.3 is 11.1 Å². The molecule has 2 aromatic rings. The Bertz CT molecular complexity index is 717. The zero-order valence-corrected chi connectivity index (χ0v) is 12.0. The maximum Gasteiger partial charge on any atom is 0.251 e. The van der Waals surface area contributed by atoms with Gasteiger partial charge in [0.25, 0.3) is 5.91 Å². The van der Waals surface area contributed by atoms with Crippen molar-refractivity contribution in [3.05, 3.63) is 69.5 Å². The molecule has 1 heterocycles. The Morgan fingerprint density at radius 2 is 2.05 bits per heavy atom. The fraction of sp³-hybridized carbons (Fsp3) is 0.188. The van der Waals surface area contributed by atoms with Crippen LogP contribution in [0.4, 0.5) is 4.39 Å². The van der Waals surface area contributed by atoms with Gasteiger partial charge in [-0.25, -0.2) is 4.39 Å². The minimum atomic E-state index is -0.502. The molecule has 1 amide bonds. The molecule has 1 unspecified atom stereocenters. The van der Waals surface area contributed by atoms with Crippen molar-refractivity contribution in [1.82, 2.24) is 5.32 Å². The highest BCUT2D eigenvalue weighted by Gasteiger charge is 2.20. The Kier molecular flexibility index (Phi) is 3.66. The molecule has 3 rings (SSSR count). The molecular weight excluding hydrogens is 291 g/mol. The summed E-state index contributed by atoms with van der Waals surface area (Å²) < 4.78 is 13.1. The molecule has 21 heavy (non-hydrogen) atoms. The van der Waals surface area contributed by atoms with E-state index in [0.29, 0.717) is 17.7 Å². The number of hydrogen-bond acceptors (Lipinski definition) is 2. The monoisotopic (exact) mass is 304 g/mol. The molecule has 108 valence electrons. The van der Waals surface area contributed by atoms with Crippen LogP contribution < -0.4 is 11.1 Å². The van der Waals surface area contributed by atoms with Gasteiger partial charge >= 0.3 is 0 Å². The first-order valence-electron chi connectivity index (χ1n) is 6.68. The normalized spacial score (nSPS) is 15.3. The molecule has 0 bridgehead atoms. The van der Waals surface area contributed by atoms with Crippen molar-refractivity contribution in [3.8, 4) is 0 Å². The van der Waals surface area contributed by atoms with Crippen LogP contribution in [0.1, 0.15) is 33.1 Å². The number of fused-ring (bicyclic) bond motifs is 1. The summed E-state index contributed by atoms with van der Waals surface area (Å²) in [4.78, 5) is 11.9. The van der Waals surface area contributed by atoms with Gasteiger partial charge in [0.15, 0.2) is 0 Å². The molecule has 1 aliphatic heterocycles. The number of benzene rings is 2. The summed E-state index contributed by atoms with van der Waals surface area (Å²) >= 11 is 6.05. The number of halogens is 2. The van der Waals surface area contributed by atoms with Crippen LogP contribution in [0.25, 0.3) is 0 Å². The summed E-state index contributed by atoms with van der Waals surface area (Å²) in [5.41, 5.74) is 9.28. The van der Waals surface area contributed by atoms with Crippen LogP contribution in [-0.2, 0) is 6.42 Å². The summed E-state index contributed by atoms with van der Waals surface area (Å²) in [6.07, 6.45) is 0.813. The van der Waals surface area contributed by atoms with E-state index < -0.39 is 11.9 Å². The minimum Gasteiger partial charge on any atom is -0.352 e. The molecule has 1 aliphatic rings. The fourth-order valence-corrected chi connectivity index (χ4v) is 2.84. The lowest BCUT2D eigenvalue weighted by molar-refractivity contribution is 0.0946. The molecule has 3 nitrogen and oxygen atoms in total. The second-order valence-corrected chi connectivity index (χ2v) is 5.47. The zero-order chi connectivity index (χ0) is 15.0. The van der Waals surface area contributed by atoms with Gasteiger partial charge in [0, 0.05) is 17.1 Å². The van der Waals surface area contributed by atoms with E-state index in [-0.39, 0.29) is 10.9 Å². The van der Waals surface area contributed by atoms with Crippen molar-refractivity contribution >= 4 is 17.5 Å². The van der Waals surface area contributed by atoms with Crippen molar-refractivity contribution in [2.45, 2.75) is 12.5 Å². The lowest BCUT2D eigenvalue weighted by Gasteiger charge is -2.20. The van der Waals surface area contributed by atoms with Crippen molar-refractivity contribution in [2.24, 2.45) is 5.73 Å². The second kappa shape index (κ2) is 5.47. The minimum absolute atomic E-state index is 0.0875. The second-order valence-electron chi connectivity index (χ2n) is 5.07. The third kappa shape index (κ3) is 2.64. The first kappa shape index (κ1) is 14.0. The van der Waals surface area contributed by atoms with E-state index in [1.54, 1.807) is 12.1 Å². The summed E-state index contributed by atoms with van der Waals surface area (Å²) in [5, 5.41) is 3.09. The molecule has 0 saturated carbocycles. The third-order valence-electron chi connectivity index (χ3n) is 3.72. The Morgan fingerprint density at radius 1 is 1.24 bits per heavy atom. The van der Waals surface area contributed by atoms with Gasteiger partial charge in [-0.2, -0.15) is 0 Å². The van der Waals surface area contributed by atoms with E-state index in [0.717, 1.165) is 17.5 Å². The molecule has 0 radical (unpaired) electrons. The first-order valence-corrected chi connectivity index (χ1v) is 7.05. The lowest BCUT2D eigenvalue weighted by Crippen LogP contribution is -2.32. The van der Waals surface area contributed by atoms with Crippen LogP contribution in [0.15, 0.2) is 36.4 Å². The van der Waals surface area contributed by atoms with Crippen molar-refractivity contribution in [3.63, 3.8) is 0 Å². The van der Waals surface area contributed by atoms with E-state index >= 15 is 0 Å². The Balaban J connectivity index is 2.00. The molecule has 5 heteroatoms. The van der Waals surface area contributed by atoms with Crippen LogP contribution in [0.2, 0.25) is 5.02 Å². The van der Waals surface area contributed by atoms with Crippen LogP contribution >= 0.6 is 11.6 Å². The van der Waals surface area contributed by atoms with Gasteiger partial charge in [0.1, 0.15) is 5.82 Å². The van der Waals surface area contributed by atoms with E-state index in [1.165, 1.54) is 12.1 Å². The van der Waals surface area contributed by atoms with Crippen molar-refractivity contribution < 1.29 is 9.18 Å². The van der Waals surface area contributed by atoms with Crippen LogP contribution in [0, 0.1) is 5.82 Å². The van der Waals surface area contributed by atoms with Crippen LogP contribution in [-0.4, -0.2) is 12.5 Å². The quantitative estimate of drug-likeness (QED) is 0.896. The van der Waals surface area contributed by atoms with Crippen molar-refractivity contribution in [1.29, 1.82) is 0 Å². The highest BCUT2D eigenvalue weighted by atomic mass is 35.5. The highest BCUT2D eigenvalue weighted by Crippen LogP contribution is 2.29. The summed E-state index contributed by atoms with van der Waals surface area (Å²) in [6.45, 7) is 0.654. The van der Waals surface area contributed by atoms with E-state index in [4.69, 9.17) is 17.3 Å². The first-order chi connectivity index (χ1) is 10.1. The van der Waals surface area contributed by atoms with E-state index in [9.17, 15) is 9.18 Å². The smallest absolute Gasteiger partial charge is 0.251 e. The maximum atomic E-state index is 13.1. The summed E-state index contributed by atoms with van der Waals surface area (Å²) in [5.74, 6) is -0.490. The standard InChI is InChI=1S/C16H14ClFN2O/c17-14-8-11(18)3-4-12(14)15(19)10-2-1-9-5-6-20-16(21)13(9)7-10/h1-4,7-8,15H,5-6,19H2,(H,20,21). The number of nitrogens with one attached hydrogen (secondary N) is 1. The molecule has 0 spiro atoms. The van der Waals surface area contributed by atoms with Gasteiger partial charge in [-0.3, -0.25) is 4.79 Å². The number of hydrogen-bond donors (Lipinski definition) is 2. The Labute approximate surface area is 126 Å². The number of amides is 1. The SMILES string of the molecule is NC(c1ccc2c(c1)C(=O)NCC2)c1ccc(F)cc1Cl. The van der Waals surface area contributed by atoms with E-state index in [2.05, 4.69) is 5.32 Å². The van der Waals surface area contributed by atoms with Gasteiger partial charge in [-0.15, -0.1) is 0 Å².